The van der Waals surface area contributed by atoms with Gasteiger partial charge in [0.05, 0.1) is 12.7 Å². The first-order chi connectivity index (χ1) is 13.3. The van der Waals surface area contributed by atoms with Gasteiger partial charge in [0.15, 0.2) is 0 Å². The van der Waals surface area contributed by atoms with E-state index in [0.717, 1.165) is 31.1 Å². The van der Waals surface area contributed by atoms with E-state index in [1.807, 2.05) is 12.1 Å². The van der Waals surface area contributed by atoms with Crippen molar-refractivity contribution in [3.63, 3.8) is 0 Å². The van der Waals surface area contributed by atoms with Crippen LogP contribution in [-0.2, 0) is 0 Å². The summed E-state index contributed by atoms with van der Waals surface area (Å²) in [6.45, 7) is 11.2. The number of hydrogen-bond acceptors (Lipinski definition) is 4. The molecule has 0 aliphatic heterocycles. The first-order valence-corrected chi connectivity index (χ1v) is 9.95. The van der Waals surface area contributed by atoms with Gasteiger partial charge in [0.1, 0.15) is 11.3 Å². The van der Waals surface area contributed by atoms with E-state index >= 15 is 0 Å². The molecule has 1 N–H and O–H groups in total. The minimum absolute atomic E-state index is 0.141. The summed E-state index contributed by atoms with van der Waals surface area (Å²) >= 11 is 0. The van der Waals surface area contributed by atoms with E-state index < -0.39 is 0 Å². The van der Waals surface area contributed by atoms with Gasteiger partial charge in [-0.1, -0.05) is 37.6 Å². The zero-order valence-electron chi connectivity index (χ0n) is 17.0. The van der Waals surface area contributed by atoms with E-state index in [2.05, 4.69) is 33.4 Å². The Bertz CT molecular complexity index is 935. The molecule has 0 spiro atoms. The molecule has 0 amide bonds. The van der Waals surface area contributed by atoms with Gasteiger partial charge in [-0.2, -0.15) is 0 Å². The van der Waals surface area contributed by atoms with E-state index in [1.54, 1.807) is 12.1 Å². The third-order valence-corrected chi connectivity index (χ3v) is 6.05. The van der Waals surface area contributed by atoms with Crippen molar-refractivity contribution >= 4 is 11.0 Å². The van der Waals surface area contributed by atoms with Gasteiger partial charge in [-0.15, -0.1) is 0 Å². The average molecular weight is 383 g/mol. The first kappa shape index (κ1) is 20.4. The molecule has 4 nitrogen and oxygen atoms in total. The summed E-state index contributed by atoms with van der Waals surface area (Å²) in [6, 6.07) is 8.69. The molecule has 150 valence electrons. The number of allylic oxidation sites excluding steroid dienone is 2. The number of rotatable bonds is 6. The number of hydrogen-bond donors (Lipinski definition) is 1. The van der Waals surface area contributed by atoms with Crippen LogP contribution < -0.4 is 10.4 Å². The molecule has 0 radical (unpaired) electrons. The molecule has 1 aromatic carbocycles. The van der Waals surface area contributed by atoms with Gasteiger partial charge < -0.3 is 14.3 Å². The van der Waals surface area contributed by atoms with Crippen LogP contribution >= 0.6 is 0 Å². The van der Waals surface area contributed by atoms with Crippen LogP contribution in [0.3, 0.4) is 0 Å². The predicted molar refractivity (Wildman–Crippen MR) is 113 cm³/mol. The second kappa shape index (κ2) is 8.36. The molecule has 2 aromatic rings. The van der Waals surface area contributed by atoms with Crippen LogP contribution in [0.1, 0.15) is 46.5 Å². The summed E-state index contributed by atoms with van der Waals surface area (Å²) in [5.74, 6) is 0.995. The monoisotopic (exact) mass is 382 g/mol. The quantitative estimate of drug-likeness (QED) is 0.547. The van der Waals surface area contributed by atoms with Crippen molar-refractivity contribution in [3.8, 4) is 5.75 Å². The molecular weight excluding hydrogens is 352 g/mol. The predicted octanol–water partition coefficient (Wildman–Crippen LogP) is 5.25. The highest BCUT2D eigenvalue weighted by molar-refractivity contribution is 5.77. The van der Waals surface area contributed by atoms with Gasteiger partial charge in [-0.25, -0.2) is 4.79 Å². The van der Waals surface area contributed by atoms with E-state index in [1.165, 1.54) is 17.2 Å². The van der Waals surface area contributed by atoms with Crippen LogP contribution in [0.2, 0.25) is 0 Å². The molecule has 1 heterocycles. The van der Waals surface area contributed by atoms with Crippen molar-refractivity contribution < 1.29 is 14.3 Å². The number of aliphatic hydroxyl groups is 1. The SMILES string of the molecule is C=C1CC[C@H](O)C(C)(C)[C@@H]1C/C=C(\C)CCOc1ccc2ccc(=O)oc2c1. The fourth-order valence-electron chi connectivity index (χ4n) is 3.98. The summed E-state index contributed by atoms with van der Waals surface area (Å²) in [7, 11) is 0. The van der Waals surface area contributed by atoms with E-state index in [9.17, 15) is 9.90 Å². The Morgan fingerprint density at radius 3 is 2.89 bits per heavy atom. The average Bonchev–Trinajstić information content (AvgIpc) is 2.64. The molecular formula is C24H30O4. The number of aliphatic hydroxyl groups excluding tert-OH is 1. The Morgan fingerprint density at radius 2 is 2.11 bits per heavy atom. The first-order valence-electron chi connectivity index (χ1n) is 9.95. The summed E-state index contributed by atoms with van der Waals surface area (Å²) in [5, 5.41) is 11.2. The van der Waals surface area contributed by atoms with Crippen molar-refractivity contribution in [1.82, 2.24) is 0 Å². The van der Waals surface area contributed by atoms with Crippen molar-refractivity contribution in [3.05, 3.63) is 64.6 Å². The summed E-state index contributed by atoms with van der Waals surface area (Å²) in [4.78, 5) is 11.4. The third kappa shape index (κ3) is 4.56. The van der Waals surface area contributed by atoms with Gasteiger partial charge in [0.25, 0.3) is 0 Å². The lowest BCUT2D eigenvalue weighted by Crippen LogP contribution is -2.41. The molecule has 1 aliphatic carbocycles. The molecule has 1 aromatic heterocycles. The second-order valence-corrected chi connectivity index (χ2v) is 8.43. The maximum atomic E-state index is 11.4. The molecule has 3 rings (SSSR count). The minimum atomic E-state index is -0.360. The molecule has 0 bridgehead atoms. The zero-order valence-corrected chi connectivity index (χ0v) is 17.0. The standard InChI is InChI=1S/C24H30O4/c1-16(5-10-20-17(2)6-11-22(25)24(20,3)4)13-14-27-19-9-7-18-8-12-23(26)28-21(18)15-19/h5,7-9,12,15,20,22,25H,2,6,10-11,13-14H2,1,3-4H3/b16-5+/t20-,22+/m1/s1. The van der Waals surface area contributed by atoms with Gasteiger partial charge in [0, 0.05) is 23.9 Å². The second-order valence-electron chi connectivity index (χ2n) is 8.43. The normalized spacial score (nSPS) is 22.4. The number of fused-ring (bicyclic) bond motifs is 1. The number of benzene rings is 1. The van der Waals surface area contributed by atoms with E-state index in [-0.39, 0.29) is 17.1 Å². The Labute approximate surface area is 166 Å². The molecule has 4 heteroatoms. The maximum Gasteiger partial charge on any atom is 0.336 e. The van der Waals surface area contributed by atoms with Crippen LogP contribution in [0.4, 0.5) is 0 Å². The molecule has 0 saturated heterocycles. The highest BCUT2D eigenvalue weighted by Crippen LogP contribution is 2.45. The van der Waals surface area contributed by atoms with Crippen LogP contribution in [0.15, 0.2) is 63.3 Å². The van der Waals surface area contributed by atoms with Crippen molar-refractivity contribution in [2.45, 2.75) is 52.6 Å². The minimum Gasteiger partial charge on any atom is -0.493 e. The Kier molecular flexibility index (Phi) is 6.09. The number of ether oxygens (including phenoxy) is 1. The molecule has 2 atom stereocenters. The largest absolute Gasteiger partial charge is 0.493 e. The summed E-state index contributed by atoms with van der Waals surface area (Å²) in [5.41, 5.74) is 2.54. The molecule has 1 fully saturated rings. The highest BCUT2D eigenvalue weighted by atomic mass is 16.5. The van der Waals surface area contributed by atoms with Crippen LogP contribution in [0, 0.1) is 11.3 Å². The summed E-state index contributed by atoms with van der Waals surface area (Å²) in [6.07, 6.45) is 5.41. The van der Waals surface area contributed by atoms with Crippen molar-refractivity contribution in [2.75, 3.05) is 6.61 Å². The lowest BCUT2D eigenvalue weighted by Gasteiger charge is -2.43. The zero-order chi connectivity index (χ0) is 20.3. The topological polar surface area (TPSA) is 59.7 Å². The smallest absolute Gasteiger partial charge is 0.336 e. The molecule has 1 saturated carbocycles. The van der Waals surface area contributed by atoms with Crippen molar-refractivity contribution in [1.29, 1.82) is 0 Å². The fraction of sp³-hybridized carbons (Fsp3) is 0.458. The van der Waals surface area contributed by atoms with Crippen molar-refractivity contribution in [2.24, 2.45) is 11.3 Å². The molecule has 0 unspecified atom stereocenters. The van der Waals surface area contributed by atoms with Gasteiger partial charge in [-0.3, -0.25) is 0 Å². The summed E-state index contributed by atoms with van der Waals surface area (Å²) < 4.78 is 11.0. The Hall–Kier alpha value is -2.33. The fourth-order valence-corrected chi connectivity index (χ4v) is 3.98. The van der Waals surface area contributed by atoms with Gasteiger partial charge in [-0.05, 0) is 55.7 Å². The Morgan fingerprint density at radius 1 is 1.36 bits per heavy atom. The van der Waals surface area contributed by atoms with Crippen LogP contribution in [-0.4, -0.2) is 17.8 Å². The maximum absolute atomic E-state index is 11.4. The molecule has 28 heavy (non-hydrogen) atoms. The van der Waals surface area contributed by atoms with Crippen LogP contribution in [0.5, 0.6) is 5.75 Å². The van der Waals surface area contributed by atoms with Gasteiger partial charge in [0.2, 0.25) is 0 Å². The highest BCUT2D eigenvalue weighted by Gasteiger charge is 2.40. The lowest BCUT2D eigenvalue weighted by atomic mass is 9.64. The van der Waals surface area contributed by atoms with E-state index in [0.29, 0.717) is 23.9 Å². The molecule has 1 aliphatic rings. The Balaban J connectivity index is 1.56. The van der Waals surface area contributed by atoms with Crippen LogP contribution in [0.25, 0.3) is 11.0 Å². The van der Waals surface area contributed by atoms with Gasteiger partial charge >= 0.3 is 5.63 Å². The van der Waals surface area contributed by atoms with E-state index in [4.69, 9.17) is 9.15 Å². The lowest BCUT2D eigenvalue weighted by molar-refractivity contribution is -0.00562. The third-order valence-electron chi connectivity index (χ3n) is 6.05.